The highest BCUT2D eigenvalue weighted by atomic mass is 32.2. The predicted molar refractivity (Wildman–Crippen MR) is 127 cm³/mol. The molecule has 0 spiro atoms. The largest absolute Gasteiger partial charge is 0.307 e. The number of hydrogen-bond donors (Lipinski definition) is 1. The number of sulfonamides is 1. The fraction of sp³-hybridized carbons (Fsp3) is 0.0769. The number of anilines is 1. The van der Waals surface area contributed by atoms with Gasteiger partial charge in [0.05, 0.1) is 17.4 Å². The number of fused-ring (bicyclic) bond motifs is 1. The van der Waals surface area contributed by atoms with Gasteiger partial charge in [0.2, 0.25) is 15.9 Å². The number of benzene rings is 3. The van der Waals surface area contributed by atoms with Crippen molar-refractivity contribution in [3.63, 3.8) is 0 Å². The lowest BCUT2D eigenvalue weighted by molar-refractivity contribution is -0.118. The van der Waals surface area contributed by atoms with Gasteiger partial charge in [0.25, 0.3) is 0 Å². The fourth-order valence-electron chi connectivity index (χ4n) is 4.25. The smallest absolute Gasteiger partial charge is 0.239 e. The first-order valence-electron chi connectivity index (χ1n) is 10.4. The summed E-state index contributed by atoms with van der Waals surface area (Å²) in [6.07, 6.45) is 3.53. The predicted octanol–water partition coefficient (Wildman–Crippen LogP) is 4.07. The first-order chi connectivity index (χ1) is 15.9. The number of aromatic nitrogens is 1. The Morgan fingerprint density at radius 3 is 2.12 bits per heavy atom. The Morgan fingerprint density at radius 2 is 1.45 bits per heavy atom. The van der Waals surface area contributed by atoms with Gasteiger partial charge in [0.15, 0.2) is 0 Å². The lowest BCUT2D eigenvalue weighted by Gasteiger charge is -2.19. The summed E-state index contributed by atoms with van der Waals surface area (Å²) in [5.74, 6) is -0.537. The Morgan fingerprint density at radius 1 is 0.818 bits per heavy atom. The maximum atomic E-state index is 13.5. The van der Waals surface area contributed by atoms with E-state index in [1.165, 1.54) is 12.1 Å². The second kappa shape index (κ2) is 8.27. The minimum absolute atomic E-state index is 0.0242. The van der Waals surface area contributed by atoms with Crippen molar-refractivity contribution >= 4 is 21.6 Å². The molecule has 1 atom stereocenters. The van der Waals surface area contributed by atoms with Crippen molar-refractivity contribution in [3.05, 3.63) is 114 Å². The summed E-state index contributed by atoms with van der Waals surface area (Å²) in [5, 5.41) is 5.21. The zero-order valence-corrected chi connectivity index (χ0v) is 18.4. The molecule has 1 aliphatic rings. The number of pyridine rings is 1. The summed E-state index contributed by atoms with van der Waals surface area (Å²) < 4.78 is 23.2. The SMILES string of the molecule is NS(=O)(=O)c1ccc(C2C(=O)N(Cc3ccc(-c4ccncc4)cc3)c3ccccc32)cc1. The fourth-order valence-corrected chi connectivity index (χ4v) is 4.77. The second-order valence-corrected chi connectivity index (χ2v) is 9.52. The Bertz CT molecular complexity index is 1420. The number of amides is 1. The van der Waals surface area contributed by atoms with Gasteiger partial charge in [-0.2, -0.15) is 0 Å². The standard InChI is InChI=1S/C26H21N3O3S/c27-33(31,32)22-11-9-21(10-12-22)25-23-3-1-2-4-24(23)29(26(25)30)17-18-5-7-19(8-6-18)20-13-15-28-16-14-20/h1-16,25H,17H2,(H2,27,31,32). The normalized spacial score (nSPS) is 15.5. The molecule has 1 unspecified atom stereocenters. The van der Waals surface area contributed by atoms with Crippen molar-refractivity contribution in [2.45, 2.75) is 17.4 Å². The van der Waals surface area contributed by atoms with Gasteiger partial charge in [-0.1, -0.05) is 54.6 Å². The van der Waals surface area contributed by atoms with E-state index < -0.39 is 15.9 Å². The van der Waals surface area contributed by atoms with Crippen LogP contribution >= 0.6 is 0 Å². The van der Waals surface area contributed by atoms with Crippen molar-refractivity contribution in [3.8, 4) is 11.1 Å². The average molecular weight is 456 g/mol. The van der Waals surface area contributed by atoms with Gasteiger partial charge in [-0.3, -0.25) is 9.78 Å². The third-order valence-electron chi connectivity index (χ3n) is 5.90. The van der Waals surface area contributed by atoms with Gasteiger partial charge in [0.1, 0.15) is 0 Å². The first-order valence-corrected chi connectivity index (χ1v) is 12.0. The highest BCUT2D eigenvalue weighted by molar-refractivity contribution is 7.89. The Labute approximate surface area is 192 Å². The van der Waals surface area contributed by atoms with Crippen LogP contribution in [0.25, 0.3) is 11.1 Å². The van der Waals surface area contributed by atoms with E-state index in [9.17, 15) is 13.2 Å². The number of carbonyl (C=O) groups is 1. The lowest BCUT2D eigenvalue weighted by atomic mass is 9.93. The van der Waals surface area contributed by atoms with E-state index in [2.05, 4.69) is 4.98 Å². The van der Waals surface area contributed by atoms with Gasteiger partial charge in [-0.25, -0.2) is 13.6 Å². The van der Waals surface area contributed by atoms with Crippen LogP contribution in [0.1, 0.15) is 22.6 Å². The first kappa shape index (κ1) is 21.1. The third-order valence-corrected chi connectivity index (χ3v) is 6.83. The molecule has 4 aromatic rings. The second-order valence-electron chi connectivity index (χ2n) is 7.96. The summed E-state index contributed by atoms with van der Waals surface area (Å²) in [7, 11) is -3.79. The summed E-state index contributed by atoms with van der Waals surface area (Å²) in [6.45, 7) is 0.443. The van der Waals surface area contributed by atoms with Crippen molar-refractivity contribution in [2.75, 3.05) is 4.90 Å². The molecule has 1 amide bonds. The number of hydrogen-bond acceptors (Lipinski definition) is 4. The summed E-state index contributed by atoms with van der Waals surface area (Å²) >= 11 is 0. The zero-order chi connectivity index (χ0) is 23.0. The van der Waals surface area contributed by atoms with Crippen LogP contribution in [0.2, 0.25) is 0 Å². The van der Waals surface area contributed by atoms with E-state index in [0.717, 1.165) is 33.5 Å². The van der Waals surface area contributed by atoms with Crippen molar-refractivity contribution in [2.24, 2.45) is 5.14 Å². The molecule has 0 fully saturated rings. The molecule has 1 aliphatic heterocycles. The van der Waals surface area contributed by atoms with Gasteiger partial charge in [-0.15, -0.1) is 0 Å². The molecular formula is C26H21N3O3S. The third kappa shape index (κ3) is 4.04. The number of para-hydroxylation sites is 1. The van der Waals surface area contributed by atoms with Crippen LogP contribution in [0, 0.1) is 0 Å². The quantitative estimate of drug-likeness (QED) is 0.491. The van der Waals surface area contributed by atoms with Crippen LogP contribution < -0.4 is 10.0 Å². The van der Waals surface area contributed by atoms with Crippen LogP contribution in [0.4, 0.5) is 5.69 Å². The molecular weight excluding hydrogens is 434 g/mol. The minimum Gasteiger partial charge on any atom is -0.307 e. The minimum atomic E-state index is -3.79. The van der Waals surface area contributed by atoms with Crippen molar-refractivity contribution in [1.82, 2.24) is 4.98 Å². The van der Waals surface area contributed by atoms with E-state index in [0.29, 0.717) is 6.54 Å². The summed E-state index contributed by atoms with van der Waals surface area (Å²) in [6, 6.07) is 26.0. The number of rotatable bonds is 5. The Kier molecular flexibility index (Phi) is 5.28. The maximum absolute atomic E-state index is 13.5. The molecule has 33 heavy (non-hydrogen) atoms. The molecule has 1 aromatic heterocycles. The maximum Gasteiger partial charge on any atom is 0.239 e. The molecule has 0 saturated carbocycles. The molecule has 0 saturated heterocycles. The van der Waals surface area contributed by atoms with Crippen molar-refractivity contribution in [1.29, 1.82) is 0 Å². The molecule has 164 valence electrons. The van der Waals surface area contributed by atoms with Crippen LogP contribution in [0.3, 0.4) is 0 Å². The zero-order valence-electron chi connectivity index (χ0n) is 17.6. The molecule has 0 radical (unpaired) electrons. The number of primary sulfonamides is 1. The summed E-state index contributed by atoms with van der Waals surface area (Å²) in [4.78, 5) is 19.4. The Balaban J connectivity index is 1.44. The molecule has 2 heterocycles. The van der Waals surface area contributed by atoms with Gasteiger partial charge in [-0.05, 0) is 58.1 Å². The van der Waals surface area contributed by atoms with E-state index in [-0.39, 0.29) is 10.8 Å². The van der Waals surface area contributed by atoms with Gasteiger partial charge in [0, 0.05) is 18.1 Å². The average Bonchev–Trinajstić information content (AvgIpc) is 3.11. The number of nitrogens with two attached hydrogens (primary N) is 1. The topological polar surface area (TPSA) is 93.4 Å². The van der Waals surface area contributed by atoms with E-state index in [4.69, 9.17) is 5.14 Å². The number of nitrogens with zero attached hydrogens (tertiary/aromatic N) is 2. The van der Waals surface area contributed by atoms with Crippen molar-refractivity contribution < 1.29 is 13.2 Å². The highest BCUT2D eigenvalue weighted by Gasteiger charge is 2.38. The van der Waals surface area contributed by atoms with E-state index >= 15 is 0 Å². The van der Waals surface area contributed by atoms with E-state index in [1.54, 1.807) is 29.4 Å². The Hall–Kier alpha value is -3.81. The van der Waals surface area contributed by atoms with Gasteiger partial charge >= 0.3 is 0 Å². The molecule has 5 rings (SSSR count). The number of carbonyl (C=O) groups excluding carboxylic acids is 1. The molecule has 2 N–H and O–H groups in total. The van der Waals surface area contributed by atoms with Crippen LogP contribution in [-0.4, -0.2) is 19.3 Å². The molecule has 3 aromatic carbocycles. The highest BCUT2D eigenvalue weighted by Crippen LogP contribution is 2.42. The van der Waals surface area contributed by atoms with Crippen LogP contribution in [-0.2, 0) is 21.4 Å². The molecule has 7 heteroatoms. The lowest BCUT2D eigenvalue weighted by Crippen LogP contribution is -2.28. The molecule has 0 bridgehead atoms. The molecule has 6 nitrogen and oxygen atoms in total. The van der Waals surface area contributed by atoms with Crippen LogP contribution in [0.15, 0.2) is 102 Å². The van der Waals surface area contributed by atoms with Gasteiger partial charge < -0.3 is 4.90 Å². The molecule has 0 aliphatic carbocycles. The van der Waals surface area contributed by atoms with Crippen LogP contribution in [0.5, 0.6) is 0 Å². The summed E-state index contributed by atoms with van der Waals surface area (Å²) in [5.41, 5.74) is 5.68. The monoisotopic (exact) mass is 455 g/mol. The van der Waals surface area contributed by atoms with E-state index in [1.807, 2.05) is 60.7 Å².